The molecule has 2 aromatic rings. The minimum Gasteiger partial charge on any atom is -0.356 e. The van der Waals surface area contributed by atoms with E-state index >= 15 is 0 Å². The van der Waals surface area contributed by atoms with Crippen LogP contribution in [0.2, 0.25) is 0 Å². The molecule has 0 spiro atoms. The van der Waals surface area contributed by atoms with Gasteiger partial charge in [0.2, 0.25) is 5.91 Å². The molecule has 1 saturated heterocycles. The van der Waals surface area contributed by atoms with Crippen molar-refractivity contribution >= 4 is 11.7 Å². The van der Waals surface area contributed by atoms with E-state index in [9.17, 15) is 9.18 Å². The molecule has 1 fully saturated rings. The number of benzene rings is 1. The molecule has 2 heterocycles. The predicted molar refractivity (Wildman–Crippen MR) is 100 cm³/mol. The number of aromatic nitrogens is 2. The Morgan fingerprint density at radius 1 is 1.27 bits per heavy atom. The van der Waals surface area contributed by atoms with Crippen LogP contribution in [0, 0.1) is 17.7 Å². The van der Waals surface area contributed by atoms with Crippen LogP contribution in [-0.2, 0) is 4.79 Å². The summed E-state index contributed by atoms with van der Waals surface area (Å²) in [6.07, 6.45) is 3.13. The number of nitrogens with one attached hydrogen (secondary N) is 1. The first-order chi connectivity index (χ1) is 12.5. The molecule has 1 amide bonds. The molecule has 0 atom stereocenters. The summed E-state index contributed by atoms with van der Waals surface area (Å²) >= 11 is 0. The molecule has 0 saturated carbocycles. The van der Waals surface area contributed by atoms with Gasteiger partial charge in [0.05, 0.1) is 5.69 Å². The van der Waals surface area contributed by atoms with Gasteiger partial charge in [0.25, 0.3) is 0 Å². The van der Waals surface area contributed by atoms with Gasteiger partial charge in [-0.25, -0.2) is 14.4 Å². The summed E-state index contributed by atoms with van der Waals surface area (Å²) in [6.45, 7) is 6.46. The van der Waals surface area contributed by atoms with Gasteiger partial charge < -0.3 is 10.2 Å². The monoisotopic (exact) mass is 356 g/mol. The smallest absolute Gasteiger partial charge is 0.223 e. The predicted octanol–water partition coefficient (Wildman–Crippen LogP) is 3.27. The first-order valence-electron chi connectivity index (χ1n) is 9.13. The Hall–Kier alpha value is -2.50. The van der Waals surface area contributed by atoms with Crippen molar-refractivity contribution in [3.63, 3.8) is 0 Å². The van der Waals surface area contributed by atoms with Gasteiger partial charge in [-0.1, -0.05) is 26.0 Å². The fourth-order valence-corrected chi connectivity index (χ4v) is 3.15. The zero-order valence-electron chi connectivity index (χ0n) is 15.3. The van der Waals surface area contributed by atoms with Crippen LogP contribution >= 0.6 is 0 Å². The van der Waals surface area contributed by atoms with E-state index in [4.69, 9.17) is 0 Å². The Balaban J connectivity index is 1.63. The molecule has 6 heteroatoms. The third-order valence-electron chi connectivity index (χ3n) is 4.65. The Morgan fingerprint density at radius 3 is 2.73 bits per heavy atom. The van der Waals surface area contributed by atoms with Crippen LogP contribution < -0.4 is 10.2 Å². The number of piperidine rings is 1. The maximum absolute atomic E-state index is 13.4. The highest BCUT2D eigenvalue weighted by Crippen LogP contribution is 2.25. The normalized spacial score (nSPS) is 15.3. The van der Waals surface area contributed by atoms with Crippen LogP contribution in [0.5, 0.6) is 0 Å². The number of nitrogens with zero attached hydrogens (tertiary/aromatic N) is 3. The lowest BCUT2D eigenvalue weighted by molar-refractivity contribution is -0.125. The highest BCUT2D eigenvalue weighted by molar-refractivity contribution is 5.79. The van der Waals surface area contributed by atoms with E-state index in [0.29, 0.717) is 11.6 Å². The molecule has 1 aliphatic rings. The molecule has 0 bridgehead atoms. The van der Waals surface area contributed by atoms with E-state index in [1.165, 1.54) is 18.5 Å². The molecule has 26 heavy (non-hydrogen) atoms. The minimum absolute atomic E-state index is 0.0644. The number of rotatable bonds is 5. The first kappa shape index (κ1) is 18.3. The van der Waals surface area contributed by atoms with Crippen molar-refractivity contribution in [1.82, 2.24) is 15.3 Å². The summed E-state index contributed by atoms with van der Waals surface area (Å²) in [5.74, 6) is 1.22. The molecule has 1 aromatic heterocycles. The largest absolute Gasteiger partial charge is 0.356 e. The number of hydrogen-bond acceptors (Lipinski definition) is 4. The topological polar surface area (TPSA) is 58.1 Å². The fraction of sp³-hybridized carbons (Fsp3) is 0.450. The van der Waals surface area contributed by atoms with Gasteiger partial charge in [-0.15, -0.1) is 0 Å². The summed E-state index contributed by atoms with van der Waals surface area (Å²) < 4.78 is 13.4. The lowest BCUT2D eigenvalue weighted by Gasteiger charge is -2.32. The molecule has 1 N–H and O–H groups in total. The molecule has 138 valence electrons. The van der Waals surface area contributed by atoms with E-state index in [0.717, 1.165) is 43.9 Å². The van der Waals surface area contributed by atoms with Crippen molar-refractivity contribution in [2.24, 2.45) is 11.8 Å². The SMILES string of the molecule is CC(C)CNC(=O)C1CCN(c2cc(-c3cccc(F)c3)ncn2)CC1. The van der Waals surface area contributed by atoms with Gasteiger partial charge in [0.1, 0.15) is 18.0 Å². The van der Waals surface area contributed by atoms with Crippen molar-refractivity contribution in [1.29, 1.82) is 0 Å². The second-order valence-electron chi connectivity index (χ2n) is 7.17. The molecule has 0 unspecified atom stereocenters. The van der Waals surface area contributed by atoms with Crippen molar-refractivity contribution in [3.8, 4) is 11.3 Å². The lowest BCUT2D eigenvalue weighted by Crippen LogP contribution is -2.41. The van der Waals surface area contributed by atoms with E-state index < -0.39 is 0 Å². The van der Waals surface area contributed by atoms with Gasteiger partial charge in [0, 0.05) is 37.2 Å². The van der Waals surface area contributed by atoms with E-state index in [1.54, 1.807) is 6.07 Å². The molecule has 0 radical (unpaired) electrons. The summed E-state index contributed by atoms with van der Waals surface area (Å²) in [7, 11) is 0. The maximum atomic E-state index is 13.4. The molecule has 0 aliphatic carbocycles. The summed E-state index contributed by atoms with van der Waals surface area (Å²) in [4.78, 5) is 23.0. The third kappa shape index (κ3) is 4.56. The van der Waals surface area contributed by atoms with Crippen LogP contribution in [0.4, 0.5) is 10.2 Å². The van der Waals surface area contributed by atoms with Crippen LogP contribution in [-0.4, -0.2) is 35.5 Å². The summed E-state index contributed by atoms with van der Waals surface area (Å²) in [5, 5.41) is 3.02. The Morgan fingerprint density at radius 2 is 2.04 bits per heavy atom. The Bertz CT molecular complexity index is 757. The second-order valence-corrected chi connectivity index (χ2v) is 7.17. The molecule has 5 nitrogen and oxygen atoms in total. The van der Waals surface area contributed by atoms with E-state index in [2.05, 4.69) is 34.0 Å². The van der Waals surface area contributed by atoms with Crippen molar-refractivity contribution in [2.45, 2.75) is 26.7 Å². The highest BCUT2D eigenvalue weighted by Gasteiger charge is 2.25. The number of carbonyl (C=O) groups is 1. The zero-order valence-corrected chi connectivity index (χ0v) is 15.3. The standard InChI is InChI=1S/C20H25FN4O/c1-14(2)12-22-20(26)15-6-8-25(9-7-15)19-11-18(23-13-24-19)16-4-3-5-17(21)10-16/h3-5,10-11,13-15H,6-9,12H2,1-2H3,(H,22,26). The molecular formula is C20H25FN4O. The fourth-order valence-electron chi connectivity index (χ4n) is 3.15. The average molecular weight is 356 g/mol. The Kier molecular flexibility index (Phi) is 5.81. The van der Waals surface area contributed by atoms with Gasteiger partial charge in [0.15, 0.2) is 0 Å². The summed E-state index contributed by atoms with van der Waals surface area (Å²) in [6, 6.07) is 8.28. The first-order valence-corrected chi connectivity index (χ1v) is 9.13. The number of halogens is 1. The van der Waals surface area contributed by atoms with E-state index in [-0.39, 0.29) is 17.6 Å². The Labute approximate surface area is 153 Å². The van der Waals surface area contributed by atoms with Crippen LogP contribution in [0.3, 0.4) is 0 Å². The van der Waals surface area contributed by atoms with Gasteiger partial charge in [-0.3, -0.25) is 4.79 Å². The number of hydrogen-bond donors (Lipinski definition) is 1. The van der Waals surface area contributed by atoms with Gasteiger partial charge >= 0.3 is 0 Å². The van der Waals surface area contributed by atoms with Crippen LogP contribution in [0.25, 0.3) is 11.3 Å². The average Bonchev–Trinajstić information content (AvgIpc) is 2.66. The van der Waals surface area contributed by atoms with Crippen molar-refractivity contribution < 1.29 is 9.18 Å². The molecule has 3 rings (SSSR count). The highest BCUT2D eigenvalue weighted by atomic mass is 19.1. The third-order valence-corrected chi connectivity index (χ3v) is 4.65. The van der Waals surface area contributed by atoms with Crippen molar-refractivity contribution in [2.75, 3.05) is 24.5 Å². The molecule has 1 aromatic carbocycles. The van der Waals surface area contributed by atoms with Gasteiger partial charge in [-0.05, 0) is 30.9 Å². The number of amides is 1. The van der Waals surface area contributed by atoms with Crippen LogP contribution in [0.15, 0.2) is 36.7 Å². The van der Waals surface area contributed by atoms with E-state index in [1.807, 2.05) is 12.1 Å². The van der Waals surface area contributed by atoms with Crippen molar-refractivity contribution in [3.05, 3.63) is 42.5 Å². The minimum atomic E-state index is -0.282. The molecular weight excluding hydrogens is 331 g/mol. The maximum Gasteiger partial charge on any atom is 0.223 e. The zero-order chi connectivity index (χ0) is 18.5. The summed E-state index contributed by atoms with van der Waals surface area (Å²) in [5.41, 5.74) is 1.43. The second kappa shape index (κ2) is 8.25. The quantitative estimate of drug-likeness (QED) is 0.893. The molecule has 1 aliphatic heterocycles. The number of carbonyl (C=O) groups excluding carboxylic acids is 1. The lowest BCUT2D eigenvalue weighted by atomic mass is 9.95. The van der Waals surface area contributed by atoms with Crippen LogP contribution in [0.1, 0.15) is 26.7 Å². The van der Waals surface area contributed by atoms with Gasteiger partial charge in [-0.2, -0.15) is 0 Å². The number of anilines is 1.